The number of methoxy groups -OCH3 is 1. The van der Waals surface area contributed by atoms with Crippen molar-refractivity contribution < 1.29 is 9.53 Å². The number of nitrogens with zero attached hydrogens (tertiary/aromatic N) is 3. The molecule has 3 atom stereocenters. The van der Waals surface area contributed by atoms with Gasteiger partial charge in [0.25, 0.3) is 0 Å². The molecule has 0 saturated heterocycles. The molecule has 1 saturated carbocycles. The molecular formula is C26H28N4O2. The molecule has 0 bridgehead atoms. The molecule has 3 aromatic rings. The lowest BCUT2D eigenvalue weighted by atomic mass is 9.82. The number of pyridine rings is 2. The molecule has 2 unspecified atom stereocenters. The summed E-state index contributed by atoms with van der Waals surface area (Å²) in [5.74, 6) is 1.41. The van der Waals surface area contributed by atoms with Gasteiger partial charge < -0.3 is 15.0 Å². The van der Waals surface area contributed by atoms with E-state index in [-0.39, 0.29) is 23.9 Å². The van der Waals surface area contributed by atoms with Crippen molar-refractivity contribution in [3.8, 4) is 17.1 Å². The third kappa shape index (κ3) is 3.70. The van der Waals surface area contributed by atoms with Gasteiger partial charge in [0.15, 0.2) is 0 Å². The molecule has 1 N–H and O–H groups in total. The number of carbonyl (C=O) groups is 1. The number of rotatable bonds is 5. The lowest BCUT2D eigenvalue weighted by molar-refractivity contribution is -0.117. The number of fused-ring (bicyclic) bond motifs is 1. The highest BCUT2D eigenvalue weighted by Gasteiger charge is 2.48. The summed E-state index contributed by atoms with van der Waals surface area (Å²) in [4.78, 5) is 24.2. The minimum Gasteiger partial charge on any atom is -0.481 e. The quantitative estimate of drug-likeness (QED) is 0.613. The van der Waals surface area contributed by atoms with Crippen molar-refractivity contribution >= 4 is 17.3 Å². The molecule has 2 aromatic heterocycles. The summed E-state index contributed by atoms with van der Waals surface area (Å²) in [6.07, 6.45) is 4.12. The van der Waals surface area contributed by atoms with Gasteiger partial charge in [-0.05, 0) is 49.1 Å². The number of benzene rings is 1. The second-order valence-electron chi connectivity index (χ2n) is 8.75. The summed E-state index contributed by atoms with van der Waals surface area (Å²) in [5, 5.41) is 3.72. The second kappa shape index (κ2) is 8.26. The van der Waals surface area contributed by atoms with E-state index in [1.54, 1.807) is 20.2 Å². The van der Waals surface area contributed by atoms with Gasteiger partial charge in [-0.25, -0.2) is 9.97 Å². The molecule has 1 aliphatic carbocycles. The van der Waals surface area contributed by atoms with E-state index in [0.29, 0.717) is 11.8 Å². The number of hydrogen-bond acceptors (Lipinski definition) is 5. The van der Waals surface area contributed by atoms with Crippen molar-refractivity contribution in [3.63, 3.8) is 0 Å². The molecule has 6 nitrogen and oxygen atoms in total. The molecule has 6 heteroatoms. The molecule has 5 rings (SSSR count). The molecular weight excluding hydrogens is 400 g/mol. The molecule has 2 aliphatic rings. The van der Waals surface area contributed by atoms with Crippen molar-refractivity contribution in [2.75, 3.05) is 17.3 Å². The van der Waals surface area contributed by atoms with Crippen molar-refractivity contribution in [2.45, 2.75) is 38.8 Å². The Hall–Kier alpha value is -3.41. The standard InChI is InChI=1S/C26H28N4O2/c1-16-24(28-20-7-5-4-6-8-20)25-22(30(17(2)31)26(16)18-9-10-18)13-12-21(29-25)19-11-14-23(32-3)27-15-19/h4-8,11-16,18,24,26,28H,9-10H2,1-3H3/t16-,24?,26?/m1/s1. The van der Waals surface area contributed by atoms with Crippen molar-refractivity contribution in [2.24, 2.45) is 11.8 Å². The van der Waals surface area contributed by atoms with E-state index in [1.807, 2.05) is 47.4 Å². The van der Waals surface area contributed by atoms with Crippen LogP contribution in [0.25, 0.3) is 11.3 Å². The Morgan fingerprint density at radius 3 is 2.50 bits per heavy atom. The predicted octanol–water partition coefficient (Wildman–Crippen LogP) is 5.09. The van der Waals surface area contributed by atoms with Gasteiger partial charge in [-0.1, -0.05) is 25.1 Å². The SMILES string of the molecule is COc1ccc(-c2ccc3c(n2)C(Nc2ccccc2)[C@@H](C)C(C2CC2)N3C(C)=O)cn1. The first-order valence-electron chi connectivity index (χ1n) is 11.2. The van der Waals surface area contributed by atoms with Gasteiger partial charge in [0.05, 0.1) is 30.2 Å². The van der Waals surface area contributed by atoms with E-state index in [0.717, 1.165) is 28.3 Å². The van der Waals surface area contributed by atoms with E-state index in [9.17, 15) is 4.79 Å². The average Bonchev–Trinajstić information content (AvgIpc) is 3.66. The minimum atomic E-state index is -0.000225. The van der Waals surface area contributed by atoms with Crippen LogP contribution in [-0.4, -0.2) is 29.0 Å². The first kappa shape index (κ1) is 20.5. The average molecular weight is 429 g/mol. The Labute approximate surface area is 188 Å². The number of anilines is 2. The molecule has 0 radical (unpaired) electrons. The van der Waals surface area contributed by atoms with Crippen LogP contribution >= 0.6 is 0 Å². The number of ether oxygens (including phenoxy) is 1. The summed E-state index contributed by atoms with van der Waals surface area (Å²) >= 11 is 0. The monoisotopic (exact) mass is 428 g/mol. The van der Waals surface area contributed by atoms with Gasteiger partial charge in [-0.3, -0.25) is 4.79 Å². The van der Waals surface area contributed by atoms with E-state index < -0.39 is 0 Å². The lowest BCUT2D eigenvalue weighted by Gasteiger charge is -2.45. The topological polar surface area (TPSA) is 67.3 Å². The number of para-hydroxylation sites is 1. The van der Waals surface area contributed by atoms with Crippen LogP contribution in [0.3, 0.4) is 0 Å². The fourth-order valence-corrected chi connectivity index (χ4v) is 4.93. The molecule has 164 valence electrons. The van der Waals surface area contributed by atoms with E-state index in [1.165, 1.54) is 12.8 Å². The fraction of sp³-hybridized carbons (Fsp3) is 0.346. The van der Waals surface area contributed by atoms with Gasteiger partial charge in [-0.15, -0.1) is 0 Å². The predicted molar refractivity (Wildman–Crippen MR) is 126 cm³/mol. The summed E-state index contributed by atoms with van der Waals surface area (Å²) in [7, 11) is 1.60. The minimum absolute atomic E-state index is 0.000225. The molecule has 0 spiro atoms. The third-order valence-electron chi connectivity index (χ3n) is 6.60. The summed E-state index contributed by atoms with van der Waals surface area (Å²) in [6.45, 7) is 3.91. The van der Waals surface area contributed by atoms with Crippen molar-refractivity contribution in [3.05, 3.63) is 66.5 Å². The normalized spacial score (nSPS) is 22.2. The van der Waals surface area contributed by atoms with Crippen LogP contribution in [0, 0.1) is 11.8 Å². The van der Waals surface area contributed by atoms with Crippen LogP contribution in [0.2, 0.25) is 0 Å². The Morgan fingerprint density at radius 2 is 1.88 bits per heavy atom. The van der Waals surface area contributed by atoms with E-state index in [2.05, 4.69) is 29.4 Å². The third-order valence-corrected chi connectivity index (χ3v) is 6.60. The summed E-state index contributed by atoms with van der Waals surface area (Å²) < 4.78 is 5.19. The maximum atomic E-state index is 12.8. The zero-order valence-corrected chi connectivity index (χ0v) is 18.7. The number of carbonyl (C=O) groups excluding carboxylic acids is 1. The molecule has 32 heavy (non-hydrogen) atoms. The van der Waals surface area contributed by atoms with E-state index >= 15 is 0 Å². The maximum absolute atomic E-state index is 12.8. The van der Waals surface area contributed by atoms with Gasteiger partial charge in [0, 0.05) is 42.4 Å². The van der Waals surface area contributed by atoms with E-state index in [4.69, 9.17) is 9.72 Å². The highest BCUT2D eigenvalue weighted by molar-refractivity contribution is 5.94. The Kier molecular flexibility index (Phi) is 5.29. The number of aromatic nitrogens is 2. The van der Waals surface area contributed by atoms with Crippen LogP contribution in [-0.2, 0) is 4.79 Å². The molecule has 1 aromatic carbocycles. The molecule has 1 amide bonds. The zero-order chi connectivity index (χ0) is 22.2. The zero-order valence-electron chi connectivity index (χ0n) is 18.7. The highest BCUT2D eigenvalue weighted by Crippen LogP contribution is 2.49. The number of nitrogens with one attached hydrogen (secondary N) is 1. The fourth-order valence-electron chi connectivity index (χ4n) is 4.93. The Morgan fingerprint density at radius 1 is 1.09 bits per heavy atom. The molecule has 1 aliphatic heterocycles. The Balaban J connectivity index is 1.61. The number of hydrogen-bond donors (Lipinski definition) is 1. The maximum Gasteiger partial charge on any atom is 0.224 e. The van der Waals surface area contributed by atoms with Crippen LogP contribution in [0.5, 0.6) is 5.88 Å². The van der Waals surface area contributed by atoms with Crippen LogP contribution in [0.1, 0.15) is 38.4 Å². The molecule has 3 heterocycles. The Bertz CT molecular complexity index is 1110. The van der Waals surface area contributed by atoms with Crippen LogP contribution in [0.4, 0.5) is 11.4 Å². The first-order chi connectivity index (χ1) is 15.6. The van der Waals surface area contributed by atoms with Crippen molar-refractivity contribution in [1.82, 2.24) is 9.97 Å². The van der Waals surface area contributed by atoms with Crippen LogP contribution in [0.15, 0.2) is 60.8 Å². The van der Waals surface area contributed by atoms with Gasteiger partial charge in [-0.2, -0.15) is 0 Å². The molecule has 1 fully saturated rings. The lowest BCUT2D eigenvalue weighted by Crippen LogP contribution is -2.51. The number of amides is 1. The van der Waals surface area contributed by atoms with Crippen molar-refractivity contribution in [1.29, 1.82) is 0 Å². The second-order valence-corrected chi connectivity index (χ2v) is 8.75. The van der Waals surface area contributed by atoms with Gasteiger partial charge in [0.1, 0.15) is 0 Å². The smallest absolute Gasteiger partial charge is 0.224 e. The summed E-state index contributed by atoms with van der Waals surface area (Å²) in [5.41, 5.74) is 4.62. The van der Waals surface area contributed by atoms with Gasteiger partial charge in [0.2, 0.25) is 11.8 Å². The first-order valence-corrected chi connectivity index (χ1v) is 11.2. The van der Waals surface area contributed by atoms with Crippen LogP contribution < -0.4 is 15.0 Å². The van der Waals surface area contributed by atoms with Gasteiger partial charge >= 0.3 is 0 Å². The largest absolute Gasteiger partial charge is 0.481 e. The highest BCUT2D eigenvalue weighted by atomic mass is 16.5. The summed E-state index contributed by atoms with van der Waals surface area (Å²) in [6, 6.07) is 18.2.